The standard InChI is InChI=1S/C10H18O/c1-7-4-10(3)5-8(2)9(7)6-11-10/h7-9H,4-6H2,1-3H3/t7-,8+,9?,10?. The van der Waals surface area contributed by atoms with Crippen molar-refractivity contribution < 1.29 is 4.74 Å². The predicted octanol–water partition coefficient (Wildman–Crippen LogP) is 2.46. The molecule has 3 aliphatic rings. The van der Waals surface area contributed by atoms with Crippen molar-refractivity contribution in [2.24, 2.45) is 17.8 Å². The summed E-state index contributed by atoms with van der Waals surface area (Å²) in [6.45, 7) is 8.04. The van der Waals surface area contributed by atoms with E-state index in [0.717, 1.165) is 24.4 Å². The van der Waals surface area contributed by atoms with Crippen LogP contribution in [-0.2, 0) is 4.74 Å². The highest BCUT2D eigenvalue weighted by Crippen LogP contribution is 2.47. The summed E-state index contributed by atoms with van der Waals surface area (Å²) in [6.07, 6.45) is 2.56. The lowest BCUT2D eigenvalue weighted by atomic mass is 9.65. The smallest absolute Gasteiger partial charge is 0.0660 e. The maximum absolute atomic E-state index is 5.81. The van der Waals surface area contributed by atoms with Gasteiger partial charge in [0.1, 0.15) is 0 Å². The Morgan fingerprint density at radius 2 is 1.73 bits per heavy atom. The topological polar surface area (TPSA) is 9.23 Å². The van der Waals surface area contributed by atoms with E-state index in [2.05, 4.69) is 20.8 Å². The monoisotopic (exact) mass is 154 g/mol. The van der Waals surface area contributed by atoms with E-state index in [1.165, 1.54) is 12.8 Å². The van der Waals surface area contributed by atoms with E-state index >= 15 is 0 Å². The van der Waals surface area contributed by atoms with Crippen molar-refractivity contribution in [3.05, 3.63) is 0 Å². The second-order valence-corrected chi connectivity index (χ2v) is 4.79. The first kappa shape index (κ1) is 7.60. The Labute approximate surface area is 69.1 Å². The molecule has 4 atom stereocenters. The van der Waals surface area contributed by atoms with Crippen LogP contribution in [0.5, 0.6) is 0 Å². The highest BCUT2D eigenvalue weighted by molar-refractivity contribution is 4.95. The van der Waals surface area contributed by atoms with Gasteiger partial charge in [0.2, 0.25) is 0 Å². The van der Waals surface area contributed by atoms with Gasteiger partial charge in [0, 0.05) is 0 Å². The average Bonchev–Trinajstić information content (AvgIpc) is 1.83. The molecule has 64 valence electrons. The maximum atomic E-state index is 5.81. The lowest BCUT2D eigenvalue weighted by Gasteiger charge is -2.51. The molecule has 2 aliphatic heterocycles. The molecule has 0 aromatic carbocycles. The van der Waals surface area contributed by atoms with Crippen LogP contribution in [-0.4, -0.2) is 12.2 Å². The summed E-state index contributed by atoms with van der Waals surface area (Å²) in [5, 5.41) is 0. The third-order valence-electron chi connectivity index (χ3n) is 3.59. The molecule has 3 rings (SSSR count). The van der Waals surface area contributed by atoms with E-state index in [9.17, 15) is 0 Å². The molecule has 0 amide bonds. The van der Waals surface area contributed by atoms with E-state index in [4.69, 9.17) is 4.74 Å². The van der Waals surface area contributed by atoms with Crippen molar-refractivity contribution in [1.29, 1.82) is 0 Å². The molecule has 0 N–H and O–H groups in total. The Morgan fingerprint density at radius 1 is 1.18 bits per heavy atom. The van der Waals surface area contributed by atoms with Crippen LogP contribution in [0.25, 0.3) is 0 Å². The van der Waals surface area contributed by atoms with Gasteiger partial charge in [-0.05, 0) is 37.5 Å². The molecule has 3 fully saturated rings. The quantitative estimate of drug-likeness (QED) is 0.521. The van der Waals surface area contributed by atoms with Gasteiger partial charge >= 0.3 is 0 Å². The Morgan fingerprint density at radius 3 is 2.09 bits per heavy atom. The van der Waals surface area contributed by atoms with Crippen LogP contribution >= 0.6 is 0 Å². The van der Waals surface area contributed by atoms with Crippen molar-refractivity contribution in [3.63, 3.8) is 0 Å². The SMILES string of the molecule is C[C@@H]1CC2(C)C[C@H](C)C1CO2. The van der Waals surface area contributed by atoms with Crippen LogP contribution in [0.3, 0.4) is 0 Å². The van der Waals surface area contributed by atoms with Crippen LogP contribution in [0.2, 0.25) is 0 Å². The minimum atomic E-state index is 0.230. The summed E-state index contributed by atoms with van der Waals surface area (Å²) < 4.78 is 5.81. The predicted molar refractivity (Wildman–Crippen MR) is 45.4 cm³/mol. The summed E-state index contributed by atoms with van der Waals surface area (Å²) in [7, 11) is 0. The van der Waals surface area contributed by atoms with Crippen molar-refractivity contribution in [2.45, 2.75) is 39.2 Å². The lowest BCUT2D eigenvalue weighted by molar-refractivity contribution is -0.176. The molecule has 1 nitrogen and oxygen atoms in total. The van der Waals surface area contributed by atoms with Gasteiger partial charge in [0.05, 0.1) is 12.2 Å². The third kappa shape index (κ3) is 1.10. The van der Waals surface area contributed by atoms with E-state index in [1.54, 1.807) is 0 Å². The number of ether oxygens (including phenoxy) is 1. The fraction of sp³-hybridized carbons (Fsp3) is 1.00. The summed E-state index contributed by atoms with van der Waals surface area (Å²) >= 11 is 0. The summed E-state index contributed by atoms with van der Waals surface area (Å²) in [5.74, 6) is 2.62. The molecule has 2 unspecified atom stereocenters. The van der Waals surface area contributed by atoms with Crippen molar-refractivity contribution in [1.82, 2.24) is 0 Å². The third-order valence-corrected chi connectivity index (χ3v) is 3.59. The Bertz CT molecular complexity index is 152. The van der Waals surface area contributed by atoms with Gasteiger partial charge in [-0.1, -0.05) is 13.8 Å². The zero-order chi connectivity index (χ0) is 8.06. The molecule has 1 aliphatic carbocycles. The van der Waals surface area contributed by atoms with E-state index < -0.39 is 0 Å². The molecular weight excluding hydrogens is 136 g/mol. The largest absolute Gasteiger partial charge is 0.375 e. The highest BCUT2D eigenvalue weighted by atomic mass is 16.5. The Balaban J connectivity index is 2.19. The number of fused-ring (bicyclic) bond motifs is 3. The first-order valence-corrected chi connectivity index (χ1v) is 4.75. The molecule has 2 saturated heterocycles. The second-order valence-electron chi connectivity index (χ2n) is 4.79. The van der Waals surface area contributed by atoms with Gasteiger partial charge in [0.15, 0.2) is 0 Å². The minimum Gasteiger partial charge on any atom is -0.375 e. The normalized spacial score (nSPS) is 56.5. The van der Waals surface area contributed by atoms with Crippen LogP contribution in [0, 0.1) is 17.8 Å². The van der Waals surface area contributed by atoms with E-state index in [0.29, 0.717) is 0 Å². The van der Waals surface area contributed by atoms with Gasteiger partial charge < -0.3 is 4.74 Å². The summed E-state index contributed by atoms with van der Waals surface area (Å²) in [4.78, 5) is 0. The summed E-state index contributed by atoms with van der Waals surface area (Å²) in [6, 6.07) is 0. The first-order chi connectivity index (χ1) is 5.11. The van der Waals surface area contributed by atoms with Crippen LogP contribution in [0.1, 0.15) is 33.6 Å². The number of rotatable bonds is 0. The molecule has 0 aromatic heterocycles. The molecular formula is C10H18O. The maximum Gasteiger partial charge on any atom is 0.0660 e. The van der Waals surface area contributed by atoms with Crippen molar-refractivity contribution in [2.75, 3.05) is 6.61 Å². The van der Waals surface area contributed by atoms with Gasteiger partial charge in [-0.15, -0.1) is 0 Å². The first-order valence-electron chi connectivity index (χ1n) is 4.75. The van der Waals surface area contributed by atoms with Crippen LogP contribution in [0.4, 0.5) is 0 Å². The van der Waals surface area contributed by atoms with Crippen molar-refractivity contribution >= 4 is 0 Å². The molecule has 2 bridgehead atoms. The molecule has 1 saturated carbocycles. The number of hydrogen-bond acceptors (Lipinski definition) is 1. The lowest BCUT2D eigenvalue weighted by Crippen LogP contribution is -2.50. The molecule has 2 heterocycles. The fourth-order valence-electron chi connectivity index (χ4n) is 3.05. The Hall–Kier alpha value is -0.0400. The van der Waals surface area contributed by atoms with Gasteiger partial charge in [-0.2, -0.15) is 0 Å². The molecule has 0 spiro atoms. The molecule has 11 heavy (non-hydrogen) atoms. The van der Waals surface area contributed by atoms with Crippen LogP contribution in [0.15, 0.2) is 0 Å². The van der Waals surface area contributed by atoms with Gasteiger partial charge in [-0.25, -0.2) is 0 Å². The Kier molecular flexibility index (Phi) is 1.54. The minimum absolute atomic E-state index is 0.230. The summed E-state index contributed by atoms with van der Waals surface area (Å²) in [5.41, 5.74) is 0.230. The second kappa shape index (κ2) is 2.22. The van der Waals surface area contributed by atoms with E-state index in [1.807, 2.05) is 0 Å². The number of hydrogen-bond donors (Lipinski definition) is 0. The average molecular weight is 154 g/mol. The zero-order valence-electron chi connectivity index (χ0n) is 7.76. The highest BCUT2D eigenvalue weighted by Gasteiger charge is 2.45. The van der Waals surface area contributed by atoms with Crippen LogP contribution < -0.4 is 0 Å². The van der Waals surface area contributed by atoms with Gasteiger partial charge in [-0.3, -0.25) is 0 Å². The molecule has 0 aromatic rings. The molecule has 1 heteroatoms. The van der Waals surface area contributed by atoms with E-state index in [-0.39, 0.29) is 5.60 Å². The van der Waals surface area contributed by atoms with Gasteiger partial charge in [0.25, 0.3) is 0 Å². The molecule has 0 radical (unpaired) electrons. The zero-order valence-corrected chi connectivity index (χ0v) is 7.76. The van der Waals surface area contributed by atoms with Crippen molar-refractivity contribution in [3.8, 4) is 0 Å². The fourth-order valence-corrected chi connectivity index (χ4v) is 3.05.